The largest absolute Gasteiger partial charge is 0.417 e. The van der Waals surface area contributed by atoms with E-state index < -0.39 is 11.7 Å². The first-order chi connectivity index (χ1) is 14.5. The number of para-hydroxylation sites is 1. The summed E-state index contributed by atoms with van der Waals surface area (Å²) in [7, 11) is 0. The molecule has 0 radical (unpaired) electrons. The van der Waals surface area contributed by atoms with E-state index in [2.05, 4.69) is 12.2 Å². The molecule has 1 aliphatic carbocycles. The topological polar surface area (TPSA) is 24.9 Å². The van der Waals surface area contributed by atoms with Crippen LogP contribution in [-0.4, -0.2) is 11.5 Å². The molecular weight excluding hydrogens is 385 g/mol. The zero-order chi connectivity index (χ0) is 21.1. The molecule has 0 fully saturated rings. The number of rotatable bonds is 5. The van der Waals surface area contributed by atoms with Gasteiger partial charge < -0.3 is 5.32 Å². The Hall–Kier alpha value is -2.82. The number of fused-ring (bicyclic) bond motifs is 1. The van der Waals surface area contributed by atoms with Crippen LogP contribution in [0.5, 0.6) is 0 Å². The predicted octanol–water partition coefficient (Wildman–Crippen LogP) is 7.14. The Morgan fingerprint density at radius 3 is 2.37 bits per heavy atom. The minimum Gasteiger partial charge on any atom is -0.385 e. The fraction of sp³-hybridized carbons (Fsp3) is 0.320. The van der Waals surface area contributed by atoms with Crippen molar-refractivity contribution in [2.75, 3.05) is 11.9 Å². The summed E-state index contributed by atoms with van der Waals surface area (Å²) < 4.78 is 41.0. The summed E-state index contributed by atoms with van der Waals surface area (Å²) in [6, 6.07) is 15.6. The number of aromatic nitrogens is 1. The van der Waals surface area contributed by atoms with Gasteiger partial charge in [-0.15, -0.1) is 0 Å². The van der Waals surface area contributed by atoms with Crippen molar-refractivity contribution < 1.29 is 13.2 Å². The van der Waals surface area contributed by atoms with Crippen LogP contribution in [0.1, 0.15) is 43.0 Å². The van der Waals surface area contributed by atoms with Crippen LogP contribution < -0.4 is 5.32 Å². The lowest BCUT2D eigenvalue weighted by molar-refractivity contribution is -0.137. The molecule has 0 saturated heterocycles. The molecule has 0 saturated carbocycles. The molecule has 0 atom stereocenters. The van der Waals surface area contributed by atoms with Gasteiger partial charge in [0.1, 0.15) is 0 Å². The Morgan fingerprint density at radius 1 is 0.900 bits per heavy atom. The highest BCUT2D eigenvalue weighted by Gasteiger charge is 2.34. The normalized spacial score (nSPS) is 13.7. The standard InChI is InChI=1S/C25H25F3N2/c1-2-15-29-22-13-7-4-9-17(22)20-16-24(30-23-14-8-5-10-18(20)23)19-11-3-6-12-21(19)25(26,27)28/h3-4,6-7,9,11-13,16,29H,2,5,8,10,14-15H2,1H3. The molecule has 4 rings (SSSR count). The van der Waals surface area contributed by atoms with Crippen LogP contribution in [0.15, 0.2) is 54.6 Å². The molecule has 1 aliphatic rings. The second-order valence-corrected chi connectivity index (χ2v) is 7.70. The molecule has 1 heterocycles. The van der Waals surface area contributed by atoms with E-state index >= 15 is 0 Å². The molecule has 0 bridgehead atoms. The Kier molecular flexibility index (Phi) is 5.80. The number of pyridine rings is 1. The van der Waals surface area contributed by atoms with E-state index in [0.717, 1.165) is 67.2 Å². The number of halogens is 3. The smallest absolute Gasteiger partial charge is 0.385 e. The maximum absolute atomic E-state index is 13.7. The van der Waals surface area contributed by atoms with Crippen molar-refractivity contribution in [3.8, 4) is 22.4 Å². The molecule has 2 aromatic carbocycles. The van der Waals surface area contributed by atoms with E-state index in [-0.39, 0.29) is 5.56 Å². The van der Waals surface area contributed by atoms with Crippen LogP contribution in [-0.2, 0) is 19.0 Å². The third-order valence-electron chi connectivity index (χ3n) is 5.59. The minimum absolute atomic E-state index is 0.138. The molecule has 0 amide bonds. The van der Waals surface area contributed by atoms with Gasteiger partial charge >= 0.3 is 6.18 Å². The van der Waals surface area contributed by atoms with Gasteiger partial charge in [0.05, 0.1) is 11.3 Å². The number of anilines is 1. The summed E-state index contributed by atoms with van der Waals surface area (Å²) >= 11 is 0. The van der Waals surface area contributed by atoms with E-state index in [9.17, 15) is 13.2 Å². The highest BCUT2D eigenvalue weighted by atomic mass is 19.4. The van der Waals surface area contributed by atoms with Gasteiger partial charge in [0.25, 0.3) is 0 Å². The van der Waals surface area contributed by atoms with Gasteiger partial charge in [-0.25, -0.2) is 0 Å². The first-order valence-electron chi connectivity index (χ1n) is 10.5. The summed E-state index contributed by atoms with van der Waals surface area (Å²) in [6.07, 6.45) is 0.363. The summed E-state index contributed by atoms with van der Waals surface area (Å²) in [5.74, 6) is 0. The highest BCUT2D eigenvalue weighted by molar-refractivity contribution is 5.83. The zero-order valence-electron chi connectivity index (χ0n) is 17.0. The molecule has 0 aliphatic heterocycles. The van der Waals surface area contributed by atoms with E-state index in [1.807, 2.05) is 30.3 Å². The van der Waals surface area contributed by atoms with Gasteiger partial charge in [-0.05, 0) is 61.4 Å². The molecule has 0 spiro atoms. The summed E-state index contributed by atoms with van der Waals surface area (Å²) in [5, 5.41) is 3.46. The molecule has 3 aromatic rings. The van der Waals surface area contributed by atoms with Crippen molar-refractivity contribution in [2.24, 2.45) is 0 Å². The molecule has 1 N–H and O–H groups in total. The summed E-state index contributed by atoms with van der Waals surface area (Å²) in [6.45, 7) is 2.95. The SMILES string of the molecule is CCCNc1ccccc1-c1cc(-c2ccccc2C(F)(F)F)nc2c1CCCC2. The van der Waals surface area contributed by atoms with Crippen molar-refractivity contribution in [1.29, 1.82) is 0 Å². The van der Waals surface area contributed by atoms with Crippen LogP contribution in [0, 0.1) is 0 Å². The maximum Gasteiger partial charge on any atom is 0.417 e. The highest BCUT2D eigenvalue weighted by Crippen LogP contribution is 2.41. The molecule has 2 nitrogen and oxygen atoms in total. The second kappa shape index (κ2) is 8.50. The van der Waals surface area contributed by atoms with E-state index in [1.54, 1.807) is 6.07 Å². The zero-order valence-corrected chi connectivity index (χ0v) is 17.0. The third-order valence-corrected chi connectivity index (χ3v) is 5.59. The lowest BCUT2D eigenvalue weighted by Gasteiger charge is -2.23. The monoisotopic (exact) mass is 410 g/mol. The van der Waals surface area contributed by atoms with Gasteiger partial charge in [-0.1, -0.05) is 43.3 Å². The van der Waals surface area contributed by atoms with Gasteiger partial charge in [0.2, 0.25) is 0 Å². The Morgan fingerprint density at radius 2 is 1.60 bits per heavy atom. The summed E-state index contributed by atoms with van der Waals surface area (Å²) in [4.78, 5) is 4.72. The number of hydrogen-bond donors (Lipinski definition) is 1. The maximum atomic E-state index is 13.7. The lowest BCUT2D eigenvalue weighted by Crippen LogP contribution is -2.11. The van der Waals surface area contributed by atoms with Gasteiger partial charge in [-0.2, -0.15) is 13.2 Å². The third kappa shape index (κ3) is 4.07. The van der Waals surface area contributed by atoms with E-state index in [4.69, 9.17) is 4.98 Å². The molecule has 5 heteroatoms. The fourth-order valence-corrected chi connectivity index (χ4v) is 4.17. The van der Waals surface area contributed by atoms with E-state index in [0.29, 0.717) is 5.69 Å². The number of hydrogen-bond acceptors (Lipinski definition) is 2. The van der Waals surface area contributed by atoms with Crippen molar-refractivity contribution >= 4 is 5.69 Å². The molecule has 156 valence electrons. The Bertz CT molecular complexity index is 1040. The average molecular weight is 410 g/mol. The molecule has 1 aromatic heterocycles. The number of alkyl halides is 3. The molecule has 30 heavy (non-hydrogen) atoms. The molecule has 0 unspecified atom stereocenters. The predicted molar refractivity (Wildman–Crippen MR) is 116 cm³/mol. The number of nitrogens with zero attached hydrogens (tertiary/aromatic N) is 1. The van der Waals surface area contributed by atoms with Crippen LogP contribution >= 0.6 is 0 Å². The Labute approximate surface area is 175 Å². The average Bonchev–Trinajstić information content (AvgIpc) is 2.76. The van der Waals surface area contributed by atoms with Crippen LogP contribution in [0.3, 0.4) is 0 Å². The van der Waals surface area contributed by atoms with Gasteiger partial charge in [0, 0.05) is 29.1 Å². The quantitative estimate of drug-likeness (QED) is 0.484. The second-order valence-electron chi connectivity index (χ2n) is 7.70. The van der Waals surface area contributed by atoms with Crippen LogP contribution in [0.25, 0.3) is 22.4 Å². The van der Waals surface area contributed by atoms with Crippen molar-refractivity contribution in [3.05, 3.63) is 71.4 Å². The first-order valence-corrected chi connectivity index (χ1v) is 10.5. The first kappa shape index (κ1) is 20.5. The number of aryl methyl sites for hydroxylation is 1. The van der Waals surface area contributed by atoms with E-state index in [1.165, 1.54) is 17.7 Å². The molecular formula is C25H25F3N2. The van der Waals surface area contributed by atoms with Gasteiger partial charge in [0.15, 0.2) is 0 Å². The van der Waals surface area contributed by atoms with Gasteiger partial charge in [-0.3, -0.25) is 4.98 Å². The lowest BCUT2D eigenvalue weighted by atomic mass is 9.87. The summed E-state index contributed by atoms with van der Waals surface area (Å²) in [5.41, 5.74) is 5.01. The Balaban J connectivity index is 1.92. The van der Waals surface area contributed by atoms with Crippen molar-refractivity contribution in [1.82, 2.24) is 4.98 Å². The number of nitrogens with one attached hydrogen (secondary N) is 1. The van der Waals surface area contributed by atoms with Crippen molar-refractivity contribution in [2.45, 2.75) is 45.2 Å². The van der Waals surface area contributed by atoms with Crippen LogP contribution in [0.4, 0.5) is 18.9 Å². The fourth-order valence-electron chi connectivity index (χ4n) is 4.17. The van der Waals surface area contributed by atoms with Crippen molar-refractivity contribution in [3.63, 3.8) is 0 Å². The number of benzene rings is 2. The van der Waals surface area contributed by atoms with Crippen LogP contribution in [0.2, 0.25) is 0 Å². The minimum atomic E-state index is -4.42.